The van der Waals surface area contributed by atoms with Crippen molar-refractivity contribution in [3.8, 4) is 0 Å². The van der Waals surface area contributed by atoms with Crippen LogP contribution in [0.3, 0.4) is 0 Å². The van der Waals surface area contributed by atoms with Gasteiger partial charge in [0, 0.05) is 17.9 Å². The van der Waals surface area contributed by atoms with Crippen LogP contribution >= 0.6 is 11.6 Å². The van der Waals surface area contributed by atoms with Gasteiger partial charge in [0.25, 0.3) is 0 Å². The predicted molar refractivity (Wildman–Crippen MR) is 103 cm³/mol. The van der Waals surface area contributed by atoms with Crippen LogP contribution in [0.2, 0.25) is 5.02 Å². The summed E-state index contributed by atoms with van der Waals surface area (Å²) in [5, 5.41) is 3.65. The van der Waals surface area contributed by atoms with Gasteiger partial charge in [-0.2, -0.15) is 0 Å². The number of para-hydroxylation sites is 2. The molecule has 2 aromatic carbocycles. The molecule has 1 saturated heterocycles. The summed E-state index contributed by atoms with van der Waals surface area (Å²) in [4.78, 5) is 17.6. The molecule has 134 valence electrons. The van der Waals surface area contributed by atoms with Gasteiger partial charge in [0.1, 0.15) is 24.1 Å². The fourth-order valence-electron chi connectivity index (χ4n) is 3.64. The number of rotatable bonds is 5. The van der Waals surface area contributed by atoms with E-state index in [1.165, 1.54) is 25.9 Å². The molecule has 1 aliphatic heterocycles. The Bertz CT molecular complexity index is 913. The molecule has 2 heterocycles. The van der Waals surface area contributed by atoms with E-state index in [4.69, 9.17) is 11.6 Å². The lowest BCUT2D eigenvalue weighted by Crippen LogP contribution is -3.10. The maximum atomic E-state index is 12.6. The second kappa shape index (κ2) is 7.48. The third-order valence-corrected chi connectivity index (χ3v) is 5.31. The van der Waals surface area contributed by atoms with Crippen molar-refractivity contribution in [2.24, 2.45) is 0 Å². The predicted octanol–water partition coefficient (Wildman–Crippen LogP) is 2.04. The number of carbonyl (C=O) groups excluding carboxylic acids is 1. The molecule has 26 heavy (non-hydrogen) atoms. The fraction of sp³-hybridized carbons (Fsp3) is 0.300. The number of hydrogen-bond donors (Lipinski definition) is 3. The van der Waals surface area contributed by atoms with Gasteiger partial charge in [-0.3, -0.25) is 4.79 Å². The Morgan fingerprint density at radius 1 is 1.12 bits per heavy atom. The number of fused-ring (bicyclic) bond motifs is 1. The number of benzene rings is 2. The summed E-state index contributed by atoms with van der Waals surface area (Å²) >= 11 is 5.91. The first-order chi connectivity index (χ1) is 12.7. The van der Waals surface area contributed by atoms with E-state index in [2.05, 4.69) is 20.9 Å². The van der Waals surface area contributed by atoms with Crippen LogP contribution < -0.4 is 14.8 Å². The SMILES string of the molecule is O=C(Nc1[nH]c2ccccc2[n+]1CC[NH+]1CCCC1)c1ccc(Cl)cc1. The molecular weight excluding hydrogens is 348 g/mol. The summed E-state index contributed by atoms with van der Waals surface area (Å²) in [6, 6.07) is 15.1. The minimum absolute atomic E-state index is 0.143. The first kappa shape index (κ1) is 17.1. The van der Waals surface area contributed by atoms with Gasteiger partial charge in [0.2, 0.25) is 0 Å². The van der Waals surface area contributed by atoms with Gasteiger partial charge >= 0.3 is 11.9 Å². The molecule has 0 atom stereocenters. The van der Waals surface area contributed by atoms with Crippen LogP contribution in [0.25, 0.3) is 11.0 Å². The Morgan fingerprint density at radius 2 is 1.85 bits per heavy atom. The maximum Gasteiger partial charge on any atom is 0.363 e. The molecule has 0 bridgehead atoms. The number of carbonyl (C=O) groups is 1. The normalized spacial score (nSPS) is 14.8. The number of likely N-dealkylation sites (tertiary alicyclic amines) is 1. The summed E-state index contributed by atoms with van der Waals surface area (Å²) in [5.41, 5.74) is 2.72. The van der Waals surface area contributed by atoms with Crippen molar-refractivity contribution >= 4 is 34.5 Å². The van der Waals surface area contributed by atoms with E-state index in [1.54, 1.807) is 29.2 Å². The third kappa shape index (κ3) is 3.59. The number of imidazole rings is 1. The minimum Gasteiger partial charge on any atom is -0.332 e. The van der Waals surface area contributed by atoms with Gasteiger partial charge in [0.05, 0.1) is 18.7 Å². The molecule has 1 aliphatic rings. The third-order valence-electron chi connectivity index (χ3n) is 5.06. The number of hydrogen-bond acceptors (Lipinski definition) is 1. The van der Waals surface area contributed by atoms with Gasteiger partial charge < -0.3 is 4.90 Å². The highest BCUT2D eigenvalue weighted by molar-refractivity contribution is 6.30. The van der Waals surface area contributed by atoms with E-state index in [-0.39, 0.29) is 5.91 Å². The second-order valence-electron chi connectivity index (χ2n) is 6.81. The average Bonchev–Trinajstić information content (AvgIpc) is 3.28. The lowest BCUT2D eigenvalue weighted by Gasteiger charge is -2.11. The van der Waals surface area contributed by atoms with Crippen molar-refractivity contribution in [1.29, 1.82) is 0 Å². The van der Waals surface area contributed by atoms with Crippen LogP contribution in [0.1, 0.15) is 23.2 Å². The lowest BCUT2D eigenvalue weighted by molar-refractivity contribution is -0.905. The van der Waals surface area contributed by atoms with E-state index < -0.39 is 0 Å². The number of halogens is 1. The summed E-state index contributed by atoms with van der Waals surface area (Å²) in [7, 11) is 0. The van der Waals surface area contributed by atoms with Crippen molar-refractivity contribution in [3.63, 3.8) is 0 Å². The molecule has 0 radical (unpaired) electrons. The fourth-order valence-corrected chi connectivity index (χ4v) is 3.76. The number of nitrogens with one attached hydrogen (secondary N) is 3. The van der Waals surface area contributed by atoms with Gasteiger partial charge in [-0.1, -0.05) is 23.7 Å². The quantitative estimate of drug-likeness (QED) is 0.591. The number of H-pyrrole nitrogens is 1. The van der Waals surface area contributed by atoms with Crippen LogP contribution in [-0.4, -0.2) is 30.5 Å². The zero-order chi connectivity index (χ0) is 17.9. The molecule has 1 aromatic heterocycles. The van der Waals surface area contributed by atoms with Crippen LogP contribution in [0.4, 0.5) is 5.95 Å². The Balaban J connectivity index is 1.59. The van der Waals surface area contributed by atoms with Gasteiger partial charge in [-0.15, -0.1) is 0 Å². The molecule has 1 amide bonds. The number of anilines is 1. The average molecular weight is 371 g/mol. The van der Waals surface area contributed by atoms with Crippen molar-refractivity contribution < 1.29 is 14.3 Å². The largest absolute Gasteiger partial charge is 0.363 e. The monoisotopic (exact) mass is 370 g/mol. The van der Waals surface area contributed by atoms with Crippen molar-refractivity contribution in [2.45, 2.75) is 19.4 Å². The smallest absolute Gasteiger partial charge is 0.332 e. The first-order valence-corrected chi connectivity index (χ1v) is 9.49. The van der Waals surface area contributed by atoms with E-state index in [0.717, 1.165) is 30.1 Å². The molecule has 3 aromatic rings. The number of nitrogens with zero attached hydrogens (tertiary/aromatic N) is 1. The zero-order valence-electron chi connectivity index (χ0n) is 14.6. The first-order valence-electron chi connectivity index (χ1n) is 9.12. The number of amides is 1. The molecule has 6 heteroatoms. The molecule has 1 fully saturated rings. The second-order valence-corrected chi connectivity index (χ2v) is 7.25. The van der Waals surface area contributed by atoms with Crippen LogP contribution in [0.15, 0.2) is 48.5 Å². The topological polar surface area (TPSA) is 53.2 Å². The number of aromatic nitrogens is 2. The summed E-state index contributed by atoms with van der Waals surface area (Å²) in [6.07, 6.45) is 2.63. The molecule has 4 rings (SSSR count). The molecule has 3 N–H and O–H groups in total. The minimum atomic E-state index is -0.143. The zero-order valence-corrected chi connectivity index (χ0v) is 15.4. The Hall–Kier alpha value is -2.37. The van der Waals surface area contributed by atoms with Crippen LogP contribution in [0.5, 0.6) is 0 Å². The van der Waals surface area contributed by atoms with Gasteiger partial charge in [-0.05, 0) is 36.4 Å². The van der Waals surface area contributed by atoms with Crippen LogP contribution in [0, 0.1) is 0 Å². The van der Waals surface area contributed by atoms with E-state index in [9.17, 15) is 4.79 Å². The van der Waals surface area contributed by atoms with Crippen molar-refractivity contribution in [1.82, 2.24) is 4.98 Å². The van der Waals surface area contributed by atoms with E-state index in [0.29, 0.717) is 10.6 Å². The Morgan fingerprint density at radius 3 is 2.62 bits per heavy atom. The Kier molecular flexibility index (Phi) is 4.91. The maximum absolute atomic E-state index is 12.6. The highest BCUT2D eigenvalue weighted by atomic mass is 35.5. The molecule has 0 aliphatic carbocycles. The van der Waals surface area contributed by atoms with Crippen LogP contribution in [-0.2, 0) is 6.54 Å². The highest BCUT2D eigenvalue weighted by Crippen LogP contribution is 2.14. The van der Waals surface area contributed by atoms with E-state index >= 15 is 0 Å². The Labute approximate surface area is 157 Å². The summed E-state index contributed by atoms with van der Waals surface area (Å²) in [5.74, 6) is 0.584. The number of quaternary nitrogens is 1. The van der Waals surface area contributed by atoms with Gasteiger partial charge in [0.15, 0.2) is 0 Å². The molecule has 0 spiro atoms. The van der Waals surface area contributed by atoms with Crippen molar-refractivity contribution in [2.75, 3.05) is 25.0 Å². The standard InChI is InChI=1S/C20H21ClN4O/c21-16-9-7-15(8-10-16)19(26)23-20-22-17-5-1-2-6-18(17)25(20)14-13-24-11-3-4-12-24/h1-2,5-10H,3-4,11-14H2,(H,22,23,26)/p+2. The lowest BCUT2D eigenvalue weighted by atomic mass is 10.2. The highest BCUT2D eigenvalue weighted by Gasteiger charge is 2.23. The van der Waals surface area contributed by atoms with E-state index in [1.807, 2.05) is 18.2 Å². The van der Waals surface area contributed by atoms with Crippen molar-refractivity contribution in [3.05, 3.63) is 59.1 Å². The molecule has 5 nitrogen and oxygen atoms in total. The van der Waals surface area contributed by atoms with Gasteiger partial charge in [-0.25, -0.2) is 14.9 Å². The summed E-state index contributed by atoms with van der Waals surface area (Å²) < 4.78 is 2.18. The molecule has 0 unspecified atom stereocenters. The number of aromatic amines is 1. The molecule has 0 saturated carbocycles. The molecular formula is C20H23ClN4O+2. The summed E-state index contributed by atoms with van der Waals surface area (Å²) in [6.45, 7) is 4.43.